The van der Waals surface area contributed by atoms with Crippen molar-refractivity contribution in [3.8, 4) is 83.8 Å². The molecule has 286 valence electrons. The molecule has 11 rings (SSSR count). The van der Waals surface area contributed by atoms with Crippen LogP contribution in [0.1, 0.15) is 0 Å². The van der Waals surface area contributed by atoms with E-state index in [4.69, 9.17) is 4.98 Å². The summed E-state index contributed by atoms with van der Waals surface area (Å²) in [7, 11) is 0. The molecule has 0 aliphatic carbocycles. The lowest BCUT2D eigenvalue weighted by atomic mass is 9.96. The third kappa shape index (κ3) is 7.01. The van der Waals surface area contributed by atoms with Crippen LogP contribution in [0, 0.1) is 0 Å². The van der Waals surface area contributed by atoms with E-state index in [-0.39, 0.29) is 0 Å². The molecule has 0 spiro atoms. The molecular weight excluding hydrogens is 737 g/mol. The maximum absolute atomic E-state index is 5.28. The first-order chi connectivity index (χ1) is 30.2. The lowest BCUT2D eigenvalue weighted by Crippen LogP contribution is -1.93. The topological polar surface area (TPSA) is 17.8 Å². The van der Waals surface area contributed by atoms with E-state index in [0.29, 0.717) is 0 Å². The van der Waals surface area contributed by atoms with Crippen LogP contribution in [0.4, 0.5) is 0 Å². The van der Waals surface area contributed by atoms with Crippen LogP contribution in [-0.4, -0.2) is 9.55 Å². The molecule has 0 N–H and O–H groups in total. The predicted octanol–water partition coefficient (Wildman–Crippen LogP) is 15.8. The largest absolute Gasteiger partial charge is 0.309 e. The van der Waals surface area contributed by atoms with Crippen molar-refractivity contribution >= 4 is 21.8 Å². The van der Waals surface area contributed by atoms with Gasteiger partial charge in [0.1, 0.15) is 0 Å². The maximum atomic E-state index is 5.28. The van der Waals surface area contributed by atoms with Gasteiger partial charge in [-0.05, 0) is 98.1 Å². The Balaban J connectivity index is 0.907. The van der Waals surface area contributed by atoms with Gasteiger partial charge in [-0.2, -0.15) is 0 Å². The highest BCUT2D eigenvalue weighted by atomic mass is 15.0. The molecule has 0 aliphatic rings. The molecule has 0 unspecified atom stereocenters. The third-order valence-electron chi connectivity index (χ3n) is 11.9. The van der Waals surface area contributed by atoms with E-state index >= 15 is 0 Å². The molecule has 61 heavy (non-hydrogen) atoms. The number of fused-ring (bicyclic) bond motifs is 3. The van der Waals surface area contributed by atoms with Gasteiger partial charge in [-0.25, -0.2) is 4.98 Å². The molecule has 2 heteroatoms. The van der Waals surface area contributed by atoms with Gasteiger partial charge >= 0.3 is 0 Å². The quantitative estimate of drug-likeness (QED) is 0.150. The minimum Gasteiger partial charge on any atom is -0.309 e. The lowest BCUT2D eigenvalue weighted by Gasteiger charge is -2.12. The van der Waals surface area contributed by atoms with E-state index in [0.717, 1.165) is 44.9 Å². The highest BCUT2D eigenvalue weighted by molar-refractivity contribution is 6.09. The van der Waals surface area contributed by atoms with Crippen LogP contribution in [0.5, 0.6) is 0 Å². The van der Waals surface area contributed by atoms with Gasteiger partial charge in [0.25, 0.3) is 0 Å². The summed E-state index contributed by atoms with van der Waals surface area (Å²) in [6.45, 7) is 0. The summed E-state index contributed by atoms with van der Waals surface area (Å²) in [5.41, 5.74) is 19.4. The predicted molar refractivity (Wildman–Crippen MR) is 257 cm³/mol. The number of para-hydroxylation sites is 2. The second-order valence-corrected chi connectivity index (χ2v) is 15.6. The van der Waals surface area contributed by atoms with Crippen LogP contribution in [0.15, 0.2) is 243 Å². The molecule has 0 saturated heterocycles. The molecular formula is C59H40N2. The molecule has 0 atom stereocenters. The maximum Gasteiger partial charge on any atom is 0.0715 e. The number of aromatic nitrogens is 2. The molecule has 2 heterocycles. The van der Waals surface area contributed by atoms with Crippen molar-refractivity contribution in [2.24, 2.45) is 0 Å². The second-order valence-electron chi connectivity index (χ2n) is 15.6. The summed E-state index contributed by atoms with van der Waals surface area (Å²) in [6, 6.07) is 87.0. The average molecular weight is 777 g/mol. The Morgan fingerprint density at radius 2 is 0.557 bits per heavy atom. The fourth-order valence-electron chi connectivity index (χ4n) is 8.66. The standard InChI is InChI=1S/C59H40N2/c1-3-12-41(13-4-1)43-22-24-47(25-23-43)52-39-56(48-30-26-44(27-31-48)42-14-5-2-6-15-42)60-57(40-52)49-32-28-45(29-33-49)50-16-11-17-51(38-50)46-34-36-53(37-35-46)61-58-20-9-7-18-54(58)55-19-8-10-21-59(55)61/h1-40H. The van der Waals surface area contributed by atoms with Crippen molar-refractivity contribution in [1.29, 1.82) is 0 Å². The van der Waals surface area contributed by atoms with Crippen LogP contribution in [0.3, 0.4) is 0 Å². The fraction of sp³-hybridized carbons (Fsp3) is 0. The van der Waals surface area contributed by atoms with Crippen molar-refractivity contribution in [2.45, 2.75) is 0 Å². The Hall–Kier alpha value is -8.07. The number of pyridine rings is 1. The van der Waals surface area contributed by atoms with Gasteiger partial charge in [-0.1, -0.05) is 200 Å². The summed E-state index contributed by atoms with van der Waals surface area (Å²) < 4.78 is 2.36. The Morgan fingerprint density at radius 3 is 1.02 bits per heavy atom. The van der Waals surface area contributed by atoms with Gasteiger partial charge in [-0.3, -0.25) is 0 Å². The Kier molecular flexibility index (Phi) is 9.22. The minimum atomic E-state index is 0.940. The first kappa shape index (κ1) is 36.0. The van der Waals surface area contributed by atoms with Crippen LogP contribution < -0.4 is 0 Å². The lowest BCUT2D eigenvalue weighted by molar-refractivity contribution is 1.18. The van der Waals surface area contributed by atoms with Gasteiger partial charge in [0.2, 0.25) is 0 Å². The third-order valence-corrected chi connectivity index (χ3v) is 11.9. The van der Waals surface area contributed by atoms with E-state index in [1.165, 1.54) is 60.8 Å². The summed E-state index contributed by atoms with van der Waals surface area (Å²) in [6.07, 6.45) is 0. The second kappa shape index (κ2) is 15.6. The van der Waals surface area contributed by atoms with E-state index < -0.39 is 0 Å². The fourth-order valence-corrected chi connectivity index (χ4v) is 8.66. The van der Waals surface area contributed by atoms with Crippen molar-refractivity contribution in [3.05, 3.63) is 243 Å². The molecule has 0 radical (unpaired) electrons. The minimum absolute atomic E-state index is 0.940. The molecule has 9 aromatic carbocycles. The Bertz CT molecular complexity index is 3140. The monoisotopic (exact) mass is 776 g/mol. The first-order valence-corrected chi connectivity index (χ1v) is 20.9. The smallest absolute Gasteiger partial charge is 0.0715 e. The molecule has 0 bridgehead atoms. The molecule has 11 aromatic rings. The van der Waals surface area contributed by atoms with Crippen molar-refractivity contribution in [3.63, 3.8) is 0 Å². The molecule has 0 amide bonds. The van der Waals surface area contributed by atoms with E-state index in [9.17, 15) is 0 Å². The van der Waals surface area contributed by atoms with Crippen molar-refractivity contribution in [1.82, 2.24) is 9.55 Å². The van der Waals surface area contributed by atoms with Gasteiger partial charge in [0.15, 0.2) is 0 Å². The molecule has 0 aliphatic heterocycles. The molecule has 0 fully saturated rings. The zero-order valence-corrected chi connectivity index (χ0v) is 33.5. The summed E-state index contributed by atoms with van der Waals surface area (Å²) >= 11 is 0. The van der Waals surface area contributed by atoms with Gasteiger partial charge < -0.3 is 4.57 Å². The summed E-state index contributed by atoms with van der Waals surface area (Å²) in [5.74, 6) is 0. The highest BCUT2D eigenvalue weighted by Crippen LogP contribution is 2.36. The van der Waals surface area contributed by atoms with E-state index in [1.807, 2.05) is 0 Å². The summed E-state index contributed by atoms with van der Waals surface area (Å²) in [4.78, 5) is 5.28. The number of nitrogens with zero attached hydrogens (tertiary/aromatic N) is 2. The molecule has 0 saturated carbocycles. The first-order valence-electron chi connectivity index (χ1n) is 20.9. The zero-order valence-electron chi connectivity index (χ0n) is 33.5. The highest BCUT2D eigenvalue weighted by Gasteiger charge is 2.13. The number of rotatable bonds is 8. The van der Waals surface area contributed by atoms with Crippen LogP contribution in [0.25, 0.3) is 106 Å². The van der Waals surface area contributed by atoms with E-state index in [2.05, 4.69) is 247 Å². The Labute approximate surface area is 356 Å². The van der Waals surface area contributed by atoms with Crippen LogP contribution in [0.2, 0.25) is 0 Å². The SMILES string of the molecule is c1ccc(-c2ccc(-c3cc(-c4ccc(-c5ccccc5)cc4)nc(-c4ccc(-c5cccc(-c6ccc(-n7c8ccccc8c8ccccc87)cc6)c5)cc4)c3)cc2)cc1. The van der Waals surface area contributed by atoms with Crippen molar-refractivity contribution < 1.29 is 0 Å². The van der Waals surface area contributed by atoms with Gasteiger partial charge in [-0.15, -0.1) is 0 Å². The summed E-state index contributed by atoms with van der Waals surface area (Å²) in [5, 5.41) is 2.54. The number of benzene rings is 9. The average Bonchev–Trinajstić information content (AvgIpc) is 3.69. The molecule has 2 aromatic heterocycles. The number of hydrogen-bond acceptors (Lipinski definition) is 1. The van der Waals surface area contributed by atoms with Crippen molar-refractivity contribution in [2.75, 3.05) is 0 Å². The van der Waals surface area contributed by atoms with Crippen LogP contribution in [-0.2, 0) is 0 Å². The van der Waals surface area contributed by atoms with E-state index in [1.54, 1.807) is 0 Å². The Morgan fingerprint density at radius 1 is 0.230 bits per heavy atom. The zero-order chi connectivity index (χ0) is 40.5. The van der Waals surface area contributed by atoms with Crippen LogP contribution >= 0.6 is 0 Å². The molecule has 2 nitrogen and oxygen atoms in total. The van der Waals surface area contributed by atoms with Gasteiger partial charge in [0.05, 0.1) is 22.4 Å². The normalized spacial score (nSPS) is 11.3. The van der Waals surface area contributed by atoms with Gasteiger partial charge in [0, 0.05) is 27.6 Å². The number of hydrogen-bond donors (Lipinski definition) is 0.